The van der Waals surface area contributed by atoms with Crippen LogP contribution in [0.15, 0.2) is 54.6 Å². The molecule has 178 valence electrons. The minimum absolute atomic E-state index is 0.000851. The fourth-order valence-electron chi connectivity index (χ4n) is 5.73. The molecule has 4 atom stereocenters. The summed E-state index contributed by atoms with van der Waals surface area (Å²) in [6.07, 6.45) is -0.0466. The van der Waals surface area contributed by atoms with Crippen LogP contribution in [0.25, 0.3) is 10.8 Å². The second-order valence-corrected chi connectivity index (χ2v) is 14.0. The Kier molecular flexibility index (Phi) is 5.76. The maximum atomic E-state index is 13.4. The summed E-state index contributed by atoms with van der Waals surface area (Å²) in [5.74, 6) is 0.611. The zero-order valence-electron chi connectivity index (χ0n) is 20.0. The van der Waals surface area contributed by atoms with Crippen LogP contribution in [-0.4, -0.2) is 43.9 Å². The molecule has 0 radical (unpaired) electrons. The van der Waals surface area contributed by atoms with Crippen molar-refractivity contribution >= 4 is 36.4 Å². The van der Waals surface area contributed by atoms with Crippen molar-refractivity contribution in [1.29, 1.82) is 0 Å². The van der Waals surface area contributed by atoms with Gasteiger partial charge >= 0.3 is 0 Å². The van der Waals surface area contributed by atoms with Crippen molar-refractivity contribution in [3.8, 4) is 5.75 Å². The molecule has 0 fully saturated rings. The standard InChI is InChI=1S/C27H31NO5Si/c1-16-25(32-2)20-15-18(11-12-22(20)33-26(16)23(13-14-29)34(3,4)31)28-21-10-6-8-17-7-5-9-19(24(17)21)27(28)30/h5-12,15-16,23,25-26,29,31H,13-14H2,1-4H3/t16-,23?,25-,26-/m1/s1. The highest BCUT2D eigenvalue weighted by Crippen LogP contribution is 2.49. The maximum Gasteiger partial charge on any atom is 0.263 e. The number of hydrogen-bond acceptors (Lipinski definition) is 5. The van der Waals surface area contributed by atoms with Gasteiger partial charge in [-0.05, 0) is 55.2 Å². The lowest BCUT2D eigenvalue weighted by Crippen LogP contribution is -2.48. The molecule has 5 rings (SSSR count). The third-order valence-corrected chi connectivity index (χ3v) is 9.80. The van der Waals surface area contributed by atoms with Gasteiger partial charge in [0.15, 0.2) is 8.32 Å². The van der Waals surface area contributed by atoms with Crippen LogP contribution in [0, 0.1) is 5.92 Å². The van der Waals surface area contributed by atoms with E-state index in [4.69, 9.17) is 9.47 Å². The Balaban J connectivity index is 1.56. The second kappa shape index (κ2) is 8.50. The summed E-state index contributed by atoms with van der Waals surface area (Å²) in [6.45, 7) is 5.85. The normalized spacial score (nSPS) is 22.6. The summed E-state index contributed by atoms with van der Waals surface area (Å²) in [7, 11) is -0.918. The van der Waals surface area contributed by atoms with Gasteiger partial charge in [0.25, 0.3) is 5.91 Å². The lowest BCUT2D eigenvalue weighted by Gasteiger charge is -2.43. The topological polar surface area (TPSA) is 79.2 Å². The Hall–Kier alpha value is -2.71. The molecule has 34 heavy (non-hydrogen) atoms. The predicted octanol–water partition coefficient (Wildman–Crippen LogP) is 5.17. The Bertz CT molecular complexity index is 1250. The first-order valence-corrected chi connectivity index (χ1v) is 14.8. The fraction of sp³-hybridized carbons (Fsp3) is 0.370. The first-order chi connectivity index (χ1) is 16.3. The lowest BCUT2D eigenvalue weighted by atomic mass is 9.86. The summed E-state index contributed by atoms with van der Waals surface area (Å²) in [4.78, 5) is 26.1. The average molecular weight is 478 g/mol. The number of rotatable bonds is 6. The molecule has 0 spiro atoms. The first-order valence-electron chi connectivity index (χ1n) is 11.8. The van der Waals surface area contributed by atoms with Crippen molar-refractivity contribution in [2.24, 2.45) is 5.92 Å². The zero-order valence-corrected chi connectivity index (χ0v) is 21.0. The van der Waals surface area contributed by atoms with Gasteiger partial charge in [0.05, 0.1) is 17.4 Å². The van der Waals surface area contributed by atoms with Crippen molar-refractivity contribution in [3.05, 3.63) is 65.7 Å². The molecule has 2 N–H and O–H groups in total. The Labute approximate surface area is 200 Å². The van der Waals surface area contributed by atoms with E-state index in [1.54, 1.807) is 12.0 Å². The summed E-state index contributed by atoms with van der Waals surface area (Å²) >= 11 is 0. The lowest BCUT2D eigenvalue weighted by molar-refractivity contribution is -0.0255. The average Bonchev–Trinajstić information content (AvgIpc) is 3.10. The van der Waals surface area contributed by atoms with Gasteiger partial charge in [0, 0.05) is 41.8 Å². The van der Waals surface area contributed by atoms with Crippen LogP contribution in [0.3, 0.4) is 0 Å². The molecule has 1 unspecified atom stereocenters. The Morgan fingerprint density at radius 3 is 2.56 bits per heavy atom. The highest BCUT2D eigenvalue weighted by Gasteiger charge is 2.46. The molecule has 0 saturated carbocycles. The monoisotopic (exact) mass is 477 g/mol. The summed E-state index contributed by atoms with van der Waals surface area (Å²) in [5.41, 5.74) is 3.11. The van der Waals surface area contributed by atoms with Crippen molar-refractivity contribution in [2.75, 3.05) is 18.6 Å². The van der Waals surface area contributed by atoms with Gasteiger partial charge in [-0.15, -0.1) is 0 Å². The molecular weight excluding hydrogens is 446 g/mol. The Morgan fingerprint density at radius 2 is 1.88 bits per heavy atom. The van der Waals surface area contributed by atoms with E-state index in [2.05, 4.69) is 6.92 Å². The summed E-state index contributed by atoms with van der Waals surface area (Å²) < 4.78 is 12.4. The first kappa shape index (κ1) is 23.0. The van der Waals surface area contributed by atoms with E-state index in [9.17, 15) is 14.7 Å². The van der Waals surface area contributed by atoms with Crippen molar-refractivity contribution in [1.82, 2.24) is 0 Å². The van der Waals surface area contributed by atoms with Crippen LogP contribution in [-0.2, 0) is 4.74 Å². The van der Waals surface area contributed by atoms with Crippen LogP contribution < -0.4 is 9.64 Å². The number of carbonyl (C=O) groups excluding carboxylic acids is 1. The molecule has 3 aromatic rings. The van der Waals surface area contributed by atoms with Gasteiger partial charge in [-0.1, -0.05) is 31.2 Å². The summed E-state index contributed by atoms with van der Waals surface area (Å²) in [5, 5.41) is 11.7. The number of nitrogens with zero attached hydrogens (tertiary/aromatic N) is 1. The van der Waals surface area contributed by atoms with Gasteiger partial charge in [-0.25, -0.2) is 0 Å². The number of methoxy groups -OCH3 is 1. The molecule has 2 aliphatic rings. The highest BCUT2D eigenvalue weighted by molar-refractivity contribution is 6.71. The molecule has 0 saturated heterocycles. The predicted molar refractivity (Wildman–Crippen MR) is 135 cm³/mol. The van der Waals surface area contributed by atoms with Crippen LogP contribution >= 0.6 is 0 Å². The molecular formula is C27H31NO5Si. The molecule has 7 heteroatoms. The maximum absolute atomic E-state index is 13.4. The number of fused-ring (bicyclic) bond motifs is 1. The van der Waals surface area contributed by atoms with E-state index in [0.29, 0.717) is 17.7 Å². The van der Waals surface area contributed by atoms with Crippen molar-refractivity contribution < 1.29 is 24.2 Å². The zero-order chi connectivity index (χ0) is 24.2. The van der Waals surface area contributed by atoms with Crippen molar-refractivity contribution in [3.63, 3.8) is 0 Å². The third-order valence-electron chi connectivity index (χ3n) is 7.37. The molecule has 2 heterocycles. The molecule has 0 aliphatic carbocycles. The van der Waals surface area contributed by atoms with Crippen LogP contribution in [0.4, 0.5) is 11.4 Å². The minimum Gasteiger partial charge on any atom is -0.490 e. The number of aliphatic hydroxyl groups excluding tert-OH is 1. The van der Waals surface area contributed by atoms with Gasteiger partial charge < -0.3 is 19.4 Å². The van der Waals surface area contributed by atoms with Crippen LogP contribution in [0.1, 0.15) is 35.4 Å². The number of benzene rings is 3. The van der Waals surface area contributed by atoms with E-state index in [0.717, 1.165) is 27.7 Å². The molecule has 0 aromatic heterocycles. The quantitative estimate of drug-likeness (QED) is 0.479. The van der Waals surface area contributed by atoms with E-state index in [-0.39, 0.29) is 36.2 Å². The largest absolute Gasteiger partial charge is 0.490 e. The number of anilines is 2. The van der Waals surface area contributed by atoms with Gasteiger partial charge in [0.2, 0.25) is 0 Å². The van der Waals surface area contributed by atoms with Gasteiger partial charge in [-0.3, -0.25) is 9.69 Å². The number of amides is 1. The minimum atomic E-state index is -2.60. The number of ether oxygens (including phenoxy) is 2. The summed E-state index contributed by atoms with van der Waals surface area (Å²) in [6, 6.07) is 17.6. The van der Waals surface area contributed by atoms with E-state index in [1.807, 2.05) is 67.7 Å². The Morgan fingerprint density at radius 1 is 1.15 bits per heavy atom. The van der Waals surface area contributed by atoms with E-state index in [1.165, 1.54) is 0 Å². The molecule has 0 bridgehead atoms. The van der Waals surface area contributed by atoms with Gasteiger partial charge in [-0.2, -0.15) is 0 Å². The van der Waals surface area contributed by atoms with E-state index < -0.39 is 8.32 Å². The second-order valence-electron chi connectivity index (χ2n) is 9.91. The fourth-order valence-corrected chi connectivity index (χ4v) is 7.75. The molecule has 6 nitrogen and oxygen atoms in total. The molecule has 2 aliphatic heterocycles. The molecule has 3 aromatic carbocycles. The van der Waals surface area contributed by atoms with E-state index >= 15 is 0 Å². The SMILES string of the molecule is CO[C@H]1c2cc(N3C(=O)c4cccc5cccc3c45)ccc2O[C@@H](C(CCO)[Si](C)(C)O)[C@@H]1C. The number of hydrogen-bond donors (Lipinski definition) is 2. The third kappa shape index (κ3) is 3.55. The number of aliphatic hydroxyl groups is 1. The van der Waals surface area contributed by atoms with Crippen molar-refractivity contribution in [2.45, 2.75) is 44.2 Å². The molecule has 1 amide bonds. The smallest absolute Gasteiger partial charge is 0.263 e. The van der Waals surface area contributed by atoms with Crippen LogP contribution in [0.2, 0.25) is 18.6 Å². The van der Waals surface area contributed by atoms with Gasteiger partial charge in [0.1, 0.15) is 11.9 Å². The van der Waals surface area contributed by atoms with Crippen LogP contribution in [0.5, 0.6) is 5.75 Å². The number of carbonyl (C=O) groups is 1. The highest BCUT2D eigenvalue weighted by atomic mass is 28.4.